The van der Waals surface area contributed by atoms with E-state index >= 15 is 0 Å². The van der Waals surface area contributed by atoms with Crippen molar-refractivity contribution in [1.29, 1.82) is 0 Å². The van der Waals surface area contributed by atoms with Crippen LogP contribution < -0.4 is 5.32 Å². The molecular weight excluding hydrogens is 234 g/mol. The van der Waals surface area contributed by atoms with Crippen molar-refractivity contribution in [2.45, 2.75) is 38.3 Å². The number of fused-ring (bicyclic) bond motifs is 1. The highest BCUT2D eigenvalue weighted by Crippen LogP contribution is 2.28. The molecule has 1 heterocycles. The van der Waals surface area contributed by atoms with Gasteiger partial charge in [-0.1, -0.05) is 30.7 Å². The maximum Gasteiger partial charge on any atom is 0.115 e. The van der Waals surface area contributed by atoms with E-state index in [0.717, 1.165) is 12.2 Å². The molecule has 1 unspecified atom stereocenters. The predicted octanol–water partition coefficient (Wildman–Crippen LogP) is 3.03. The van der Waals surface area contributed by atoms with Crippen molar-refractivity contribution in [3.8, 4) is 0 Å². The van der Waals surface area contributed by atoms with Gasteiger partial charge in [-0.15, -0.1) is 0 Å². The van der Waals surface area contributed by atoms with Crippen LogP contribution in [0.3, 0.4) is 0 Å². The molecule has 0 spiro atoms. The average Bonchev–Trinajstić information content (AvgIpc) is 2.68. The van der Waals surface area contributed by atoms with E-state index in [1.165, 1.54) is 36.8 Å². The molecule has 0 bridgehead atoms. The van der Waals surface area contributed by atoms with Crippen LogP contribution in [0.1, 0.15) is 42.1 Å². The number of hydrogen-bond acceptors (Lipinski definition) is 3. The summed E-state index contributed by atoms with van der Waals surface area (Å²) in [6, 6.07) is 11.2. The molecule has 1 N–H and O–H groups in total. The summed E-state index contributed by atoms with van der Waals surface area (Å²) >= 11 is 0. The van der Waals surface area contributed by atoms with Gasteiger partial charge < -0.3 is 5.32 Å². The lowest BCUT2D eigenvalue weighted by molar-refractivity contribution is 0.485. The van der Waals surface area contributed by atoms with E-state index in [-0.39, 0.29) is 0 Å². The van der Waals surface area contributed by atoms with Crippen molar-refractivity contribution in [1.82, 2.24) is 15.3 Å². The molecule has 19 heavy (non-hydrogen) atoms. The topological polar surface area (TPSA) is 37.8 Å². The quantitative estimate of drug-likeness (QED) is 0.854. The first kappa shape index (κ1) is 12.3. The zero-order chi connectivity index (χ0) is 12.9. The van der Waals surface area contributed by atoms with Crippen LogP contribution in [0.15, 0.2) is 42.9 Å². The maximum absolute atomic E-state index is 4.27. The van der Waals surface area contributed by atoms with E-state index in [0.29, 0.717) is 6.04 Å². The number of nitrogens with zero attached hydrogens (tertiary/aromatic N) is 2. The fourth-order valence-electron chi connectivity index (χ4n) is 2.78. The molecular formula is C16H19N3. The molecule has 0 saturated carbocycles. The predicted molar refractivity (Wildman–Crippen MR) is 75.6 cm³/mol. The summed E-state index contributed by atoms with van der Waals surface area (Å²) in [5.41, 5.74) is 4.02. The third-order valence-electron chi connectivity index (χ3n) is 3.79. The van der Waals surface area contributed by atoms with Crippen LogP contribution in [-0.2, 0) is 13.0 Å². The molecule has 98 valence electrons. The van der Waals surface area contributed by atoms with E-state index in [1.807, 2.05) is 6.07 Å². The van der Waals surface area contributed by atoms with Gasteiger partial charge in [-0.25, -0.2) is 9.97 Å². The third kappa shape index (κ3) is 2.99. The van der Waals surface area contributed by atoms with Gasteiger partial charge in [-0.3, -0.25) is 0 Å². The lowest BCUT2D eigenvalue weighted by atomic mass is 9.99. The first-order valence-corrected chi connectivity index (χ1v) is 6.99. The average molecular weight is 253 g/mol. The molecule has 3 heteroatoms. The number of rotatable bonds is 3. The summed E-state index contributed by atoms with van der Waals surface area (Å²) in [5.74, 6) is 0. The minimum Gasteiger partial charge on any atom is -0.304 e. The Labute approximate surface area is 114 Å². The summed E-state index contributed by atoms with van der Waals surface area (Å²) in [6.07, 6.45) is 8.41. The van der Waals surface area contributed by atoms with Gasteiger partial charge in [0, 0.05) is 18.8 Å². The smallest absolute Gasteiger partial charge is 0.115 e. The first-order chi connectivity index (χ1) is 9.43. The van der Waals surface area contributed by atoms with Crippen molar-refractivity contribution >= 4 is 0 Å². The van der Waals surface area contributed by atoms with Crippen molar-refractivity contribution in [2.24, 2.45) is 0 Å². The Hall–Kier alpha value is -1.74. The van der Waals surface area contributed by atoms with E-state index < -0.39 is 0 Å². The van der Waals surface area contributed by atoms with Gasteiger partial charge in [0.25, 0.3) is 0 Å². The lowest BCUT2D eigenvalue weighted by Crippen LogP contribution is -2.21. The molecule has 2 aromatic rings. The molecule has 1 aromatic heterocycles. The van der Waals surface area contributed by atoms with Gasteiger partial charge in [-0.05, 0) is 36.5 Å². The van der Waals surface area contributed by atoms with Crippen molar-refractivity contribution in [2.75, 3.05) is 0 Å². The number of benzene rings is 1. The van der Waals surface area contributed by atoms with Gasteiger partial charge in [0.2, 0.25) is 0 Å². The fraction of sp³-hybridized carbons (Fsp3) is 0.375. The van der Waals surface area contributed by atoms with E-state index in [4.69, 9.17) is 0 Å². The zero-order valence-electron chi connectivity index (χ0n) is 11.0. The van der Waals surface area contributed by atoms with Gasteiger partial charge in [0.05, 0.1) is 5.69 Å². The summed E-state index contributed by atoms with van der Waals surface area (Å²) in [7, 11) is 0. The van der Waals surface area contributed by atoms with Crippen LogP contribution >= 0.6 is 0 Å². The Morgan fingerprint density at radius 2 is 2.11 bits per heavy atom. The molecule has 0 aliphatic heterocycles. The largest absolute Gasteiger partial charge is 0.304 e. The van der Waals surface area contributed by atoms with Gasteiger partial charge in [0.1, 0.15) is 6.33 Å². The van der Waals surface area contributed by atoms with E-state index in [1.54, 1.807) is 12.5 Å². The molecule has 1 aromatic carbocycles. The standard InChI is InChI=1S/C16H19N3/c1-3-7-15-13(5-1)6-2-4-8-16(15)18-11-14-9-10-17-12-19-14/h1,3,5,7,9-10,12,16,18H,2,4,6,8,11H2. The second kappa shape index (κ2) is 5.93. The molecule has 1 aliphatic rings. The van der Waals surface area contributed by atoms with Gasteiger partial charge >= 0.3 is 0 Å². The number of aryl methyl sites for hydroxylation is 1. The van der Waals surface area contributed by atoms with Crippen LogP contribution in [-0.4, -0.2) is 9.97 Å². The Bertz CT molecular complexity index is 525. The molecule has 0 amide bonds. The van der Waals surface area contributed by atoms with Crippen LogP contribution in [0.2, 0.25) is 0 Å². The molecule has 1 aliphatic carbocycles. The normalized spacial score (nSPS) is 18.6. The van der Waals surface area contributed by atoms with Crippen LogP contribution in [0.4, 0.5) is 0 Å². The summed E-state index contributed by atoms with van der Waals surface area (Å²) in [4.78, 5) is 8.22. The highest BCUT2D eigenvalue weighted by atomic mass is 14.9. The summed E-state index contributed by atoms with van der Waals surface area (Å²) in [6.45, 7) is 0.807. The third-order valence-corrected chi connectivity index (χ3v) is 3.79. The van der Waals surface area contributed by atoms with Gasteiger partial charge in [-0.2, -0.15) is 0 Å². The van der Waals surface area contributed by atoms with Crippen molar-refractivity contribution in [3.63, 3.8) is 0 Å². The number of aromatic nitrogens is 2. The highest BCUT2D eigenvalue weighted by Gasteiger charge is 2.17. The van der Waals surface area contributed by atoms with E-state index in [2.05, 4.69) is 39.6 Å². The molecule has 0 radical (unpaired) electrons. The minimum atomic E-state index is 0.452. The molecule has 3 nitrogen and oxygen atoms in total. The van der Waals surface area contributed by atoms with Gasteiger partial charge in [0.15, 0.2) is 0 Å². The Balaban J connectivity index is 1.74. The van der Waals surface area contributed by atoms with Crippen molar-refractivity contribution in [3.05, 3.63) is 59.7 Å². The Morgan fingerprint density at radius 3 is 3.00 bits per heavy atom. The highest BCUT2D eigenvalue weighted by molar-refractivity contribution is 5.31. The molecule has 3 rings (SSSR count). The number of nitrogens with one attached hydrogen (secondary N) is 1. The first-order valence-electron chi connectivity index (χ1n) is 6.99. The zero-order valence-corrected chi connectivity index (χ0v) is 11.0. The Kier molecular flexibility index (Phi) is 3.84. The Morgan fingerprint density at radius 1 is 1.16 bits per heavy atom. The monoisotopic (exact) mass is 253 g/mol. The van der Waals surface area contributed by atoms with E-state index in [9.17, 15) is 0 Å². The molecule has 1 atom stereocenters. The van der Waals surface area contributed by atoms with Crippen LogP contribution in [0.25, 0.3) is 0 Å². The lowest BCUT2D eigenvalue weighted by Gasteiger charge is -2.19. The molecule has 0 fully saturated rings. The van der Waals surface area contributed by atoms with Crippen molar-refractivity contribution < 1.29 is 0 Å². The maximum atomic E-state index is 4.27. The molecule has 0 saturated heterocycles. The second-order valence-corrected chi connectivity index (χ2v) is 5.08. The number of hydrogen-bond donors (Lipinski definition) is 1. The van der Waals surface area contributed by atoms with Crippen LogP contribution in [0, 0.1) is 0 Å². The summed E-state index contributed by atoms with van der Waals surface area (Å²) in [5, 5.41) is 3.64. The summed E-state index contributed by atoms with van der Waals surface area (Å²) < 4.78 is 0. The SMILES string of the molecule is c1ccc2c(c1)CCCCC2NCc1ccncn1. The minimum absolute atomic E-state index is 0.452. The van der Waals surface area contributed by atoms with Crippen LogP contribution in [0.5, 0.6) is 0 Å². The second-order valence-electron chi connectivity index (χ2n) is 5.08. The fourth-order valence-corrected chi connectivity index (χ4v) is 2.78.